The van der Waals surface area contributed by atoms with Crippen LogP contribution in [0.3, 0.4) is 0 Å². The minimum absolute atomic E-state index is 0.277. The van der Waals surface area contributed by atoms with Gasteiger partial charge in [0.15, 0.2) is 6.61 Å². The average molecular weight is 441 g/mol. The Morgan fingerprint density at radius 1 is 0.969 bits per heavy atom. The number of rotatable bonds is 9. The fraction of sp³-hybridized carbons (Fsp3) is 0.0526. The van der Waals surface area contributed by atoms with Crippen molar-refractivity contribution < 1.29 is 23.6 Å². The summed E-state index contributed by atoms with van der Waals surface area (Å²) in [5.41, 5.74) is 7.96. The summed E-state index contributed by atoms with van der Waals surface area (Å²) in [7, 11) is 0. The van der Waals surface area contributed by atoms with Gasteiger partial charge in [-0.25, -0.2) is 14.4 Å². The molecule has 0 bridgehead atoms. The van der Waals surface area contributed by atoms with Crippen LogP contribution >= 0.6 is 0 Å². The van der Waals surface area contributed by atoms with E-state index in [0.29, 0.717) is 5.75 Å². The van der Waals surface area contributed by atoms with E-state index in [2.05, 4.69) is 31.7 Å². The SMILES string of the molecule is O=C(COc1ccccc1)NNc1ncnc(NNC(=O)c2ccccc2F)c1[N+](=O)[O-]. The fourth-order valence-corrected chi connectivity index (χ4v) is 2.39. The van der Waals surface area contributed by atoms with E-state index in [-0.39, 0.29) is 18.0 Å². The van der Waals surface area contributed by atoms with E-state index in [9.17, 15) is 24.1 Å². The molecule has 0 atom stereocenters. The number of nitrogens with one attached hydrogen (secondary N) is 4. The predicted octanol–water partition coefficient (Wildman–Crippen LogP) is 1.80. The molecule has 1 aromatic heterocycles. The van der Waals surface area contributed by atoms with Crippen LogP contribution in [0.25, 0.3) is 0 Å². The Bertz CT molecular complexity index is 1130. The van der Waals surface area contributed by atoms with E-state index in [1.807, 2.05) is 0 Å². The monoisotopic (exact) mass is 441 g/mol. The number of ether oxygens (including phenoxy) is 1. The lowest BCUT2D eigenvalue weighted by Gasteiger charge is -2.12. The minimum Gasteiger partial charge on any atom is -0.484 e. The number of carbonyl (C=O) groups is 2. The first-order valence-corrected chi connectivity index (χ1v) is 8.98. The number of hydrogen-bond donors (Lipinski definition) is 4. The fourth-order valence-electron chi connectivity index (χ4n) is 2.39. The van der Waals surface area contributed by atoms with Gasteiger partial charge in [-0.15, -0.1) is 0 Å². The standard InChI is InChI=1S/C19H16FN7O5/c20-14-9-5-4-8-13(14)19(29)26-25-18-16(27(30)31)17(21-11-22-18)24-23-15(28)10-32-12-6-2-1-3-7-12/h1-9,11H,10H2,(H,23,28)(H,26,29)(H2,21,22,24,25). The molecule has 0 saturated heterocycles. The second-order valence-corrected chi connectivity index (χ2v) is 6.01. The smallest absolute Gasteiger partial charge is 0.356 e. The van der Waals surface area contributed by atoms with Crippen LogP contribution in [0.4, 0.5) is 21.7 Å². The summed E-state index contributed by atoms with van der Waals surface area (Å²) in [6.45, 7) is -0.361. The maximum atomic E-state index is 13.7. The number of amides is 2. The molecule has 2 aromatic carbocycles. The molecule has 0 fully saturated rings. The Morgan fingerprint density at radius 2 is 1.59 bits per heavy atom. The molecule has 1 heterocycles. The van der Waals surface area contributed by atoms with E-state index < -0.39 is 34.1 Å². The van der Waals surface area contributed by atoms with E-state index in [4.69, 9.17) is 4.74 Å². The number of anilines is 2. The van der Waals surface area contributed by atoms with Crippen LogP contribution in [0, 0.1) is 15.9 Å². The van der Waals surface area contributed by atoms with Crippen LogP contribution in [0.15, 0.2) is 60.9 Å². The first kappa shape index (κ1) is 21.9. The van der Waals surface area contributed by atoms with Gasteiger partial charge in [0, 0.05) is 0 Å². The Labute approximate surface area is 179 Å². The van der Waals surface area contributed by atoms with Crippen molar-refractivity contribution in [3.63, 3.8) is 0 Å². The molecular formula is C19H16FN7O5. The van der Waals surface area contributed by atoms with Crippen LogP contribution in [-0.2, 0) is 4.79 Å². The molecule has 2 amide bonds. The summed E-state index contributed by atoms with van der Waals surface area (Å²) < 4.78 is 19.0. The van der Waals surface area contributed by atoms with Crippen molar-refractivity contribution in [1.82, 2.24) is 20.8 Å². The number of para-hydroxylation sites is 1. The van der Waals surface area contributed by atoms with E-state index in [0.717, 1.165) is 12.4 Å². The summed E-state index contributed by atoms with van der Waals surface area (Å²) in [6, 6.07) is 13.8. The van der Waals surface area contributed by atoms with Crippen molar-refractivity contribution in [1.29, 1.82) is 0 Å². The highest BCUT2D eigenvalue weighted by Gasteiger charge is 2.24. The van der Waals surface area contributed by atoms with Crippen molar-refractivity contribution >= 4 is 29.1 Å². The Balaban J connectivity index is 1.64. The number of halogens is 1. The Hall–Kier alpha value is -4.81. The zero-order valence-corrected chi connectivity index (χ0v) is 16.2. The van der Waals surface area contributed by atoms with Gasteiger partial charge in [-0.3, -0.25) is 41.4 Å². The summed E-state index contributed by atoms with van der Waals surface area (Å²) >= 11 is 0. The van der Waals surface area contributed by atoms with Gasteiger partial charge in [0.25, 0.3) is 11.8 Å². The molecule has 0 saturated carbocycles. The molecule has 0 radical (unpaired) electrons. The quantitative estimate of drug-likeness (QED) is 0.287. The van der Waals surface area contributed by atoms with E-state index in [1.165, 1.54) is 18.2 Å². The number of hydrazine groups is 2. The van der Waals surface area contributed by atoms with Crippen LogP contribution in [0.2, 0.25) is 0 Å². The first-order chi connectivity index (χ1) is 15.5. The van der Waals surface area contributed by atoms with Gasteiger partial charge >= 0.3 is 5.69 Å². The van der Waals surface area contributed by atoms with E-state index >= 15 is 0 Å². The van der Waals surface area contributed by atoms with Crippen LogP contribution in [0.1, 0.15) is 10.4 Å². The number of nitrogens with zero attached hydrogens (tertiary/aromatic N) is 3. The molecule has 13 heteroatoms. The van der Waals surface area contributed by atoms with Gasteiger partial charge in [0.1, 0.15) is 17.9 Å². The number of nitro groups is 1. The number of carbonyl (C=O) groups excluding carboxylic acids is 2. The van der Waals surface area contributed by atoms with Gasteiger partial charge in [-0.1, -0.05) is 30.3 Å². The summed E-state index contributed by atoms with van der Waals surface area (Å²) in [5, 5.41) is 11.5. The molecule has 0 aliphatic heterocycles. The van der Waals surface area contributed by atoms with Gasteiger partial charge in [-0.05, 0) is 24.3 Å². The highest BCUT2D eigenvalue weighted by molar-refractivity contribution is 5.95. The third-order valence-electron chi connectivity index (χ3n) is 3.85. The maximum Gasteiger partial charge on any atom is 0.356 e. The predicted molar refractivity (Wildman–Crippen MR) is 110 cm³/mol. The normalized spacial score (nSPS) is 10.0. The number of aromatic nitrogens is 2. The molecule has 3 rings (SSSR count). The van der Waals surface area contributed by atoms with Crippen LogP contribution < -0.4 is 26.4 Å². The largest absolute Gasteiger partial charge is 0.484 e. The summed E-state index contributed by atoms with van der Waals surface area (Å²) in [6.07, 6.45) is 0.958. The lowest BCUT2D eigenvalue weighted by molar-refractivity contribution is -0.383. The molecule has 0 unspecified atom stereocenters. The topological polar surface area (TPSA) is 160 Å². The summed E-state index contributed by atoms with van der Waals surface area (Å²) in [4.78, 5) is 42.1. The average Bonchev–Trinajstić information content (AvgIpc) is 2.80. The third kappa shape index (κ3) is 5.63. The molecular weight excluding hydrogens is 425 g/mol. The van der Waals surface area contributed by atoms with Crippen LogP contribution in [0.5, 0.6) is 5.75 Å². The van der Waals surface area contributed by atoms with Crippen molar-refractivity contribution in [2.75, 3.05) is 17.5 Å². The van der Waals surface area contributed by atoms with Crippen molar-refractivity contribution in [2.45, 2.75) is 0 Å². The third-order valence-corrected chi connectivity index (χ3v) is 3.85. The Kier molecular flexibility index (Phi) is 7.04. The molecule has 4 N–H and O–H groups in total. The van der Waals surface area contributed by atoms with Crippen molar-refractivity contribution in [3.8, 4) is 5.75 Å². The van der Waals surface area contributed by atoms with Crippen molar-refractivity contribution in [3.05, 3.63) is 82.4 Å². The molecule has 0 spiro atoms. The minimum atomic E-state index is -0.878. The van der Waals surface area contributed by atoms with Gasteiger partial charge < -0.3 is 4.74 Å². The molecule has 164 valence electrons. The lowest BCUT2D eigenvalue weighted by Crippen LogP contribution is -2.35. The molecule has 0 aliphatic rings. The highest BCUT2D eigenvalue weighted by atomic mass is 19.1. The molecule has 3 aromatic rings. The second kappa shape index (κ2) is 10.3. The van der Waals surface area contributed by atoms with Gasteiger partial charge in [0.05, 0.1) is 10.5 Å². The van der Waals surface area contributed by atoms with Gasteiger partial charge in [0.2, 0.25) is 11.6 Å². The summed E-state index contributed by atoms with van der Waals surface area (Å²) in [5.74, 6) is -2.58. The number of hydrogen-bond acceptors (Lipinski definition) is 9. The molecule has 12 nitrogen and oxygen atoms in total. The van der Waals surface area contributed by atoms with Crippen LogP contribution in [-0.4, -0.2) is 33.3 Å². The van der Waals surface area contributed by atoms with Crippen molar-refractivity contribution in [2.24, 2.45) is 0 Å². The second-order valence-electron chi connectivity index (χ2n) is 6.01. The Morgan fingerprint density at radius 3 is 2.25 bits per heavy atom. The van der Waals surface area contributed by atoms with Gasteiger partial charge in [-0.2, -0.15) is 0 Å². The number of benzene rings is 2. The zero-order chi connectivity index (χ0) is 22.9. The molecule has 32 heavy (non-hydrogen) atoms. The maximum absolute atomic E-state index is 13.7. The zero-order valence-electron chi connectivity index (χ0n) is 16.2. The molecule has 0 aliphatic carbocycles. The first-order valence-electron chi connectivity index (χ1n) is 8.98. The highest BCUT2D eigenvalue weighted by Crippen LogP contribution is 2.27. The van der Waals surface area contributed by atoms with E-state index in [1.54, 1.807) is 30.3 Å². The lowest BCUT2D eigenvalue weighted by atomic mass is 10.2.